The van der Waals surface area contributed by atoms with Crippen molar-refractivity contribution in [3.63, 3.8) is 0 Å². The van der Waals surface area contributed by atoms with Crippen molar-refractivity contribution in [1.82, 2.24) is 0 Å². The quantitative estimate of drug-likeness (QED) is 0.0232. The summed E-state index contributed by atoms with van der Waals surface area (Å²) in [6, 6.07) is -1.53. The molecule has 0 aromatic carbocycles. The van der Waals surface area contributed by atoms with Crippen molar-refractivity contribution in [3.05, 3.63) is 72.9 Å². The van der Waals surface area contributed by atoms with Crippen molar-refractivity contribution in [1.29, 1.82) is 0 Å². The molecule has 58 heavy (non-hydrogen) atoms. The molecule has 0 aliphatic rings. The Kier molecular flexibility index (Phi) is 38.5. The van der Waals surface area contributed by atoms with Crippen LogP contribution in [0.1, 0.15) is 168 Å². The normalized spacial score (nSPS) is 14.4. The number of esters is 2. The van der Waals surface area contributed by atoms with Crippen LogP contribution in [-0.2, 0) is 37.5 Å². The molecular formula is C46H78NO10P. The first kappa shape index (κ1) is 54.9. The summed E-state index contributed by atoms with van der Waals surface area (Å²) >= 11 is 0. The first-order valence-corrected chi connectivity index (χ1v) is 23.5. The Morgan fingerprint density at radius 3 is 1.47 bits per heavy atom. The van der Waals surface area contributed by atoms with Gasteiger partial charge in [0.25, 0.3) is 0 Å². The van der Waals surface area contributed by atoms with Gasteiger partial charge in [0.1, 0.15) is 12.6 Å². The molecule has 3 atom stereocenters. The Balaban J connectivity index is 4.45. The average Bonchev–Trinajstić information content (AvgIpc) is 3.20. The van der Waals surface area contributed by atoms with Crippen LogP contribution in [0, 0.1) is 0 Å². The minimum atomic E-state index is -4.73. The maximum absolute atomic E-state index is 12.6. The van der Waals surface area contributed by atoms with E-state index in [1.54, 1.807) is 0 Å². The van der Waals surface area contributed by atoms with Crippen LogP contribution in [0.25, 0.3) is 0 Å². The van der Waals surface area contributed by atoms with Crippen LogP contribution in [0.15, 0.2) is 72.9 Å². The predicted octanol–water partition coefficient (Wildman–Crippen LogP) is 11.7. The van der Waals surface area contributed by atoms with Gasteiger partial charge in [-0.2, -0.15) is 0 Å². The fraction of sp³-hybridized carbons (Fsp3) is 0.674. The summed E-state index contributed by atoms with van der Waals surface area (Å²) in [7, 11) is -4.73. The Morgan fingerprint density at radius 1 is 0.552 bits per heavy atom. The van der Waals surface area contributed by atoms with Gasteiger partial charge >= 0.3 is 25.7 Å². The van der Waals surface area contributed by atoms with E-state index in [9.17, 15) is 23.8 Å². The molecule has 0 aliphatic heterocycles. The Bertz CT molecular complexity index is 1260. The van der Waals surface area contributed by atoms with Gasteiger partial charge in [0.2, 0.25) is 0 Å². The van der Waals surface area contributed by atoms with Crippen molar-refractivity contribution in [2.75, 3.05) is 19.8 Å². The third-order valence-electron chi connectivity index (χ3n) is 8.94. The molecule has 4 N–H and O–H groups in total. The van der Waals surface area contributed by atoms with Gasteiger partial charge in [-0.3, -0.25) is 23.4 Å². The molecule has 0 spiro atoms. The summed E-state index contributed by atoms with van der Waals surface area (Å²) in [4.78, 5) is 46.0. The van der Waals surface area contributed by atoms with Gasteiger partial charge in [-0.15, -0.1) is 0 Å². The third kappa shape index (κ3) is 39.7. The summed E-state index contributed by atoms with van der Waals surface area (Å²) in [6.07, 6.45) is 48.2. The molecule has 1 unspecified atom stereocenters. The van der Waals surface area contributed by atoms with Crippen molar-refractivity contribution in [2.24, 2.45) is 5.73 Å². The number of carbonyl (C=O) groups excluding carboxylic acids is 2. The lowest BCUT2D eigenvalue weighted by molar-refractivity contribution is -0.161. The van der Waals surface area contributed by atoms with Crippen molar-refractivity contribution in [3.8, 4) is 0 Å². The fourth-order valence-electron chi connectivity index (χ4n) is 5.50. The summed E-state index contributed by atoms with van der Waals surface area (Å²) in [5.41, 5.74) is 5.33. The second kappa shape index (κ2) is 40.7. The minimum absolute atomic E-state index is 0.130. The Morgan fingerprint density at radius 2 is 0.966 bits per heavy atom. The van der Waals surface area contributed by atoms with E-state index >= 15 is 0 Å². The summed E-state index contributed by atoms with van der Waals surface area (Å²) in [6.45, 7) is 2.63. The van der Waals surface area contributed by atoms with Crippen LogP contribution in [0.5, 0.6) is 0 Å². The standard InChI is InChI=1S/C46H78NO10P/c1-3-5-7-9-11-13-15-17-19-20-21-22-24-25-27-29-31-33-35-37-44(48)54-39-42(40-55-58(52,53)56-41-43(47)46(50)51)57-45(49)38-36-34-32-30-28-26-23-18-16-14-12-10-8-6-4-2/h5,7,11,13,17,19,21-22,25-28,42-43H,3-4,6,8-10,12,14-16,18,20,23-24,29-41,47H2,1-2H3,(H,50,51)(H,52,53)/b7-5+,13-11+,19-17+,22-21+,27-25+,28-26+/t42-,43+/m1/s1. The average molecular weight is 836 g/mol. The van der Waals surface area contributed by atoms with Crippen molar-refractivity contribution in [2.45, 2.75) is 180 Å². The number of aliphatic carboxylic acids is 1. The van der Waals surface area contributed by atoms with Crippen LogP contribution in [0.4, 0.5) is 0 Å². The highest BCUT2D eigenvalue weighted by Gasteiger charge is 2.28. The maximum atomic E-state index is 12.6. The first-order chi connectivity index (χ1) is 28.1. The number of nitrogens with two attached hydrogens (primary N) is 1. The van der Waals surface area contributed by atoms with Gasteiger partial charge in [-0.1, -0.05) is 145 Å². The van der Waals surface area contributed by atoms with Crippen molar-refractivity contribution >= 4 is 25.7 Å². The lowest BCUT2D eigenvalue weighted by atomic mass is 10.1. The highest BCUT2D eigenvalue weighted by atomic mass is 31.2. The molecule has 0 aromatic rings. The number of hydrogen-bond donors (Lipinski definition) is 3. The highest BCUT2D eigenvalue weighted by molar-refractivity contribution is 7.47. The monoisotopic (exact) mass is 836 g/mol. The largest absolute Gasteiger partial charge is 0.480 e. The smallest absolute Gasteiger partial charge is 0.472 e. The molecule has 0 fully saturated rings. The van der Waals surface area contributed by atoms with E-state index in [1.165, 1.54) is 51.4 Å². The number of carboxylic acid groups (broad SMARTS) is 1. The zero-order valence-electron chi connectivity index (χ0n) is 35.9. The number of hydrogen-bond acceptors (Lipinski definition) is 9. The molecule has 0 heterocycles. The zero-order valence-corrected chi connectivity index (χ0v) is 36.8. The van der Waals surface area contributed by atoms with Gasteiger partial charge < -0.3 is 25.2 Å². The zero-order chi connectivity index (χ0) is 42.8. The molecular weight excluding hydrogens is 757 g/mol. The molecule has 0 saturated carbocycles. The van der Waals surface area contributed by atoms with Crippen LogP contribution >= 0.6 is 7.82 Å². The van der Waals surface area contributed by atoms with Gasteiger partial charge in [0.15, 0.2) is 6.10 Å². The number of allylic oxidation sites excluding steroid dienone is 12. The SMILES string of the molecule is CC/C=C/C/C=C/C/C=C/C/C=C/C/C=C/CCCCCC(=O)OC[C@H](COP(=O)(O)OC[C@H](N)C(=O)O)OC(=O)CCCCC/C=C/CCCCCCCCCC. The second-order valence-electron chi connectivity index (χ2n) is 14.4. The predicted molar refractivity (Wildman–Crippen MR) is 235 cm³/mol. The number of carboxylic acids is 1. The topological polar surface area (TPSA) is 172 Å². The fourth-order valence-corrected chi connectivity index (χ4v) is 6.27. The van der Waals surface area contributed by atoms with Gasteiger partial charge in [0, 0.05) is 12.8 Å². The third-order valence-corrected chi connectivity index (χ3v) is 9.89. The highest BCUT2D eigenvalue weighted by Crippen LogP contribution is 2.43. The number of carbonyl (C=O) groups is 3. The molecule has 332 valence electrons. The van der Waals surface area contributed by atoms with E-state index in [0.717, 1.165) is 77.0 Å². The molecule has 11 nitrogen and oxygen atoms in total. The number of unbranched alkanes of at least 4 members (excludes halogenated alkanes) is 14. The Hall–Kier alpha value is -3.08. The molecule has 0 radical (unpaired) electrons. The van der Waals surface area contributed by atoms with E-state index < -0.39 is 51.1 Å². The Labute approximate surface area is 350 Å². The van der Waals surface area contributed by atoms with Crippen LogP contribution in [0.3, 0.4) is 0 Å². The maximum Gasteiger partial charge on any atom is 0.472 e. The minimum Gasteiger partial charge on any atom is -0.480 e. The number of ether oxygens (including phenoxy) is 2. The molecule has 0 aliphatic carbocycles. The summed E-state index contributed by atoms with van der Waals surface area (Å²) in [5, 5.41) is 8.89. The van der Waals surface area contributed by atoms with Gasteiger partial charge in [-0.05, 0) is 83.5 Å². The van der Waals surface area contributed by atoms with Gasteiger partial charge in [-0.25, -0.2) is 4.57 Å². The summed E-state index contributed by atoms with van der Waals surface area (Å²) in [5.74, 6) is -2.45. The lowest BCUT2D eigenvalue weighted by Gasteiger charge is -2.20. The molecule has 0 rings (SSSR count). The van der Waals surface area contributed by atoms with E-state index in [4.69, 9.17) is 24.8 Å². The first-order valence-electron chi connectivity index (χ1n) is 22.0. The van der Waals surface area contributed by atoms with E-state index in [1.807, 2.05) is 0 Å². The molecule has 0 bridgehead atoms. The number of phosphoric ester groups is 1. The van der Waals surface area contributed by atoms with E-state index in [-0.39, 0.29) is 19.4 Å². The number of rotatable bonds is 40. The molecule has 0 aromatic heterocycles. The van der Waals surface area contributed by atoms with Crippen molar-refractivity contribution < 1.29 is 47.5 Å². The molecule has 0 saturated heterocycles. The lowest BCUT2D eigenvalue weighted by Crippen LogP contribution is -2.34. The number of phosphoric acid groups is 1. The summed E-state index contributed by atoms with van der Waals surface area (Å²) < 4.78 is 32.6. The van der Waals surface area contributed by atoms with E-state index in [0.29, 0.717) is 12.8 Å². The molecule has 12 heteroatoms. The second-order valence-corrected chi connectivity index (χ2v) is 15.9. The molecule has 0 amide bonds. The van der Waals surface area contributed by atoms with E-state index in [2.05, 4.69) is 91.3 Å². The van der Waals surface area contributed by atoms with Gasteiger partial charge in [0.05, 0.1) is 13.2 Å². The van der Waals surface area contributed by atoms with Crippen LogP contribution in [-0.4, -0.2) is 59.9 Å². The van der Waals surface area contributed by atoms with Crippen LogP contribution < -0.4 is 5.73 Å². The van der Waals surface area contributed by atoms with Crippen LogP contribution in [0.2, 0.25) is 0 Å².